The predicted molar refractivity (Wildman–Crippen MR) is 90.9 cm³/mol. The number of thiazole rings is 1. The zero-order valence-electron chi connectivity index (χ0n) is 13.2. The number of hydrogen-bond acceptors (Lipinski definition) is 4. The number of benzene rings is 1. The number of amides is 1. The first-order valence-corrected chi connectivity index (χ1v) is 8.38. The van der Waals surface area contributed by atoms with Crippen LogP contribution in [-0.4, -0.2) is 21.9 Å². The number of carbonyl (C=O) groups excluding carboxylic acids is 1. The topological polar surface area (TPSA) is 55.6 Å². The van der Waals surface area contributed by atoms with Crippen LogP contribution in [0.25, 0.3) is 4.96 Å². The van der Waals surface area contributed by atoms with E-state index in [2.05, 4.69) is 10.3 Å². The molecule has 0 aliphatic carbocycles. The van der Waals surface area contributed by atoms with Crippen molar-refractivity contribution in [3.05, 3.63) is 52.8 Å². The standard InChI is InChI=1S/C17H19N3O2S/c1-12-4-3-5-15(13(12)2)22-8-6-16(21)18-10-14-11-20-7-9-23-17(20)19-14/h3-5,7,9,11H,6,8,10H2,1-2H3,(H,18,21). The second-order valence-corrected chi connectivity index (χ2v) is 6.27. The Bertz CT molecular complexity index is 794. The number of imidazole rings is 1. The Balaban J connectivity index is 1.44. The van der Waals surface area contributed by atoms with Gasteiger partial charge in [-0.05, 0) is 31.0 Å². The number of ether oxygens (including phenoxy) is 1. The van der Waals surface area contributed by atoms with Crippen molar-refractivity contribution in [1.82, 2.24) is 14.7 Å². The van der Waals surface area contributed by atoms with Crippen LogP contribution in [0.3, 0.4) is 0 Å². The summed E-state index contributed by atoms with van der Waals surface area (Å²) in [4.78, 5) is 17.3. The average molecular weight is 329 g/mol. The zero-order valence-corrected chi connectivity index (χ0v) is 14.0. The molecule has 0 spiro atoms. The number of aryl methyl sites for hydroxylation is 1. The van der Waals surface area contributed by atoms with Crippen LogP contribution in [0.4, 0.5) is 0 Å². The second-order valence-electron chi connectivity index (χ2n) is 5.40. The van der Waals surface area contributed by atoms with Crippen LogP contribution in [0.2, 0.25) is 0 Å². The maximum absolute atomic E-state index is 11.9. The molecule has 2 heterocycles. The van der Waals surface area contributed by atoms with Gasteiger partial charge < -0.3 is 10.1 Å². The summed E-state index contributed by atoms with van der Waals surface area (Å²) in [5, 5.41) is 4.85. The van der Waals surface area contributed by atoms with E-state index in [0.29, 0.717) is 19.6 Å². The van der Waals surface area contributed by atoms with Gasteiger partial charge in [0, 0.05) is 17.8 Å². The summed E-state index contributed by atoms with van der Waals surface area (Å²) in [6.07, 6.45) is 4.21. The minimum absolute atomic E-state index is 0.0355. The fourth-order valence-corrected chi connectivity index (χ4v) is 2.99. The van der Waals surface area contributed by atoms with E-state index in [0.717, 1.165) is 22.0 Å². The molecule has 1 N–H and O–H groups in total. The molecule has 3 aromatic rings. The highest BCUT2D eigenvalue weighted by Crippen LogP contribution is 2.20. The van der Waals surface area contributed by atoms with E-state index < -0.39 is 0 Å². The highest BCUT2D eigenvalue weighted by atomic mass is 32.1. The monoisotopic (exact) mass is 329 g/mol. The molecule has 0 atom stereocenters. The lowest BCUT2D eigenvalue weighted by Gasteiger charge is -2.10. The fourth-order valence-electron chi connectivity index (χ4n) is 2.27. The van der Waals surface area contributed by atoms with Crippen LogP contribution in [0, 0.1) is 13.8 Å². The first-order chi connectivity index (χ1) is 11.1. The van der Waals surface area contributed by atoms with Gasteiger partial charge in [0.25, 0.3) is 0 Å². The Kier molecular flexibility index (Phi) is 4.62. The summed E-state index contributed by atoms with van der Waals surface area (Å²) >= 11 is 1.58. The molecule has 1 amide bonds. The first-order valence-electron chi connectivity index (χ1n) is 7.50. The number of hydrogen-bond donors (Lipinski definition) is 1. The summed E-state index contributed by atoms with van der Waals surface area (Å²) < 4.78 is 7.65. The molecule has 120 valence electrons. The largest absolute Gasteiger partial charge is 0.493 e. The molecular weight excluding hydrogens is 310 g/mol. The second kappa shape index (κ2) is 6.83. The van der Waals surface area contributed by atoms with Gasteiger partial charge in [-0.3, -0.25) is 9.20 Å². The van der Waals surface area contributed by atoms with Crippen LogP contribution in [0.5, 0.6) is 5.75 Å². The van der Waals surface area contributed by atoms with Crippen molar-refractivity contribution < 1.29 is 9.53 Å². The lowest BCUT2D eigenvalue weighted by Crippen LogP contribution is -2.24. The third-order valence-electron chi connectivity index (χ3n) is 3.75. The van der Waals surface area contributed by atoms with Gasteiger partial charge in [-0.1, -0.05) is 12.1 Å². The number of fused-ring (bicyclic) bond motifs is 1. The Hall–Kier alpha value is -2.34. The maximum atomic E-state index is 11.9. The third-order valence-corrected chi connectivity index (χ3v) is 4.52. The van der Waals surface area contributed by atoms with Crippen LogP contribution in [0.15, 0.2) is 36.0 Å². The molecule has 0 bridgehead atoms. The van der Waals surface area contributed by atoms with Crippen LogP contribution < -0.4 is 10.1 Å². The van der Waals surface area contributed by atoms with Gasteiger partial charge in [-0.15, -0.1) is 11.3 Å². The molecule has 5 nitrogen and oxygen atoms in total. The lowest BCUT2D eigenvalue weighted by atomic mass is 10.1. The van der Waals surface area contributed by atoms with Crippen molar-refractivity contribution in [2.24, 2.45) is 0 Å². The predicted octanol–water partition coefficient (Wildman–Crippen LogP) is 3.10. The zero-order chi connectivity index (χ0) is 16.2. The molecule has 2 aromatic heterocycles. The highest BCUT2D eigenvalue weighted by molar-refractivity contribution is 7.15. The molecule has 0 aliphatic rings. The molecule has 23 heavy (non-hydrogen) atoms. The van der Waals surface area contributed by atoms with Gasteiger partial charge in [0.05, 0.1) is 25.3 Å². The van der Waals surface area contributed by atoms with Crippen molar-refractivity contribution in [2.75, 3.05) is 6.61 Å². The van der Waals surface area contributed by atoms with E-state index >= 15 is 0 Å². The van der Waals surface area contributed by atoms with Crippen LogP contribution >= 0.6 is 11.3 Å². The van der Waals surface area contributed by atoms with Gasteiger partial charge >= 0.3 is 0 Å². The first kappa shape index (κ1) is 15.6. The summed E-state index contributed by atoms with van der Waals surface area (Å²) in [6.45, 7) is 4.88. The molecule has 0 aliphatic heterocycles. The Morgan fingerprint density at radius 3 is 3.09 bits per heavy atom. The van der Waals surface area contributed by atoms with E-state index in [1.807, 2.05) is 54.2 Å². The van der Waals surface area contributed by atoms with Crippen LogP contribution in [-0.2, 0) is 11.3 Å². The minimum atomic E-state index is -0.0355. The number of rotatable bonds is 6. The Morgan fingerprint density at radius 2 is 2.26 bits per heavy atom. The smallest absolute Gasteiger partial charge is 0.223 e. The number of aromatic nitrogens is 2. The van der Waals surface area contributed by atoms with E-state index in [4.69, 9.17) is 4.74 Å². The van der Waals surface area contributed by atoms with Crippen molar-refractivity contribution in [3.63, 3.8) is 0 Å². The molecular formula is C17H19N3O2S. The van der Waals surface area contributed by atoms with E-state index in [1.165, 1.54) is 5.56 Å². The quantitative estimate of drug-likeness (QED) is 0.756. The number of nitrogens with one attached hydrogen (secondary N) is 1. The Labute approximate surface area is 138 Å². The van der Waals surface area contributed by atoms with Crippen LogP contribution in [0.1, 0.15) is 23.2 Å². The van der Waals surface area contributed by atoms with Crippen molar-refractivity contribution in [1.29, 1.82) is 0 Å². The Morgan fingerprint density at radius 1 is 1.39 bits per heavy atom. The van der Waals surface area contributed by atoms with E-state index in [-0.39, 0.29) is 5.91 Å². The maximum Gasteiger partial charge on any atom is 0.223 e. The summed E-state index contributed by atoms with van der Waals surface area (Å²) in [7, 11) is 0. The molecule has 3 rings (SSSR count). The number of carbonyl (C=O) groups is 1. The summed E-state index contributed by atoms with van der Waals surface area (Å²) in [5.41, 5.74) is 3.17. The van der Waals surface area contributed by atoms with Crippen molar-refractivity contribution in [3.8, 4) is 5.75 Å². The molecule has 6 heteroatoms. The van der Waals surface area contributed by atoms with Gasteiger partial charge in [0.15, 0.2) is 4.96 Å². The number of nitrogens with zero attached hydrogens (tertiary/aromatic N) is 2. The highest BCUT2D eigenvalue weighted by Gasteiger charge is 2.07. The van der Waals surface area contributed by atoms with Crippen molar-refractivity contribution in [2.45, 2.75) is 26.8 Å². The average Bonchev–Trinajstić information content (AvgIpc) is 3.10. The van der Waals surface area contributed by atoms with E-state index in [1.54, 1.807) is 11.3 Å². The molecule has 0 radical (unpaired) electrons. The summed E-state index contributed by atoms with van der Waals surface area (Å²) in [6, 6.07) is 5.94. The normalized spacial score (nSPS) is 10.9. The summed E-state index contributed by atoms with van der Waals surface area (Å²) in [5.74, 6) is 0.804. The lowest BCUT2D eigenvalue weighted by molar-refractivity contribution is -0.121. The van der Waals surface area contributed by atoms with Gasteiger partial charge in [-0.2, -0.15) is 0 Å². The molecule has 0 saturated heterocycles. The van der Waals surface area contributed by atoms with Gasteiger partial charge in [0.1, 0.15) is 5.75 Å². The van der Waals surface area contributed by atoms with Gasteiger partial charge in [-0.25, -0.2) is 4.98 Å². The fraction of sp³-hybridized carbons (Fsp3) is 0.294. The molecule has 1 aromatic carbocycles. The third kappa shape index (κ3) is 3.71. The van der Waals surface area contributed by atoms with E-state index in [9.17, 15) is 4.79 Å². The minimum Gasteiger partial charge on any atom is -0.493 e. The van der Waals surface area contributed by atoms with Gasteiger partial charge in [0.2, 0.25) is 5.91 Å². The SMILES string of the molecule is Cc1cccc(OCCC(=O)NCc2cn3ccsc3n2)c1C. The molecule has 0 unspecified atom stereocenters. The molecule has 0 saturated carbocycles. The van der Waals surface area contributed by atoms with Crippen molar-refractivity contribution >= 4 is 22.2 Å². The molecule has 0 fully saturated rings.